The lowest BCUT2D eigenvalue weighted by molar-refractivity contribution is -0.140. The minimum Gasteiger partial charge on any atom is -0.480 e. The predicted molar refractivity (Wildman–Crippen MR) is 76.4 cm³/mol. The fourth-order valence-electron chi connectivity index (χ4n) is 1.56. The number of carbonyl (C=O) groups is 3. The molecular weight excluding hydrogens is 280 g/mol. The van der Waals surface area contributed by atoms with E-state index >= 15 is 0 Å². The monoisotopic (exact) mass is 296 g/mol. The standard InChI is InChI=1S/C13H16N2O4S/c1-20-7-8-2-4-9(5-3-8)12(17)15-10(13(18)19)6-11(14)16/h2-5,10H,6-7H2,1H3,(H2,14,16)(H,15,17)(H,18,19)/t10-/m1/s1. The molecule has 0 aromatic heterocycles. The van der Waals surface area contributed by atoms with Gasteiger partial charge >= 0.3 is 5.97 Å². The molecule has 1 rings (SSSR count). The van der Waals surface area contributed by atoms with Crippen LogP contribution in [0.3, 0.4) is 0 Å². The Balaban J connectivity index is 2.73. The number of benzene rings is 1. The summed E-state index contributed by atoms with van der Waals surface area (Å²) in [5.41, 5.74) is 6.35. The molecule has 0 spiro atoms. The fourth-order valence-corrected chi connectivity index (χ4v) is 2.09. The van der Waals surface area contributed by atoms with Crippen molar-refractivity contribution in [3.63, 3.8) is 0 Å². The average molecular weight is 296 g/mol. The molecule has 0 heterocycles. The molecule has 7 heteroatoms. The van der Waals surface area contributed by atoms with E-state index in [1.807, 2.05) is 6.26 Å². The number of carboxylic acid groups (broad SMARTS) is 1. The molecule has 0 fully saturated rings. The number of hydrogen-bond acceptors (Lipinski definition) is 4. The summed E-state index contributed by atoms with van der Waals surface area (Å²) in [4.78, 5) is 33.5. The highest BCUT2D eigenvalue weighted by Gasteiger charge is 2.22. The number of primary amides is 1. The molecule has 0 saturated heterocycles. The van der Waals surface area contributed by atoms with Crippen molar-refractivity contribution in [2.24, 2.45) is 5.73 Å². The summed E-state index contributed by atoms with van der Waals surface area (Å²) in [6.45, 7) is 0. The SMILES string of the molecule is CSCc1ccc(C(=O)N[C@H](CC(N)=O)C(=O)O)cc1. The van der Waals surface area contributed by atoms with Crippen molar-refractivity contribution in [3.8, 4) is 0 Å². The van der Waals surface area contributed by atoms with E-state index in [1.54, 1.807) is 36.0 Å². The second-order valence-corrected chi connectivity index (χ2v) is 5.03. The first-order valence-corrected chi connectivity index (χ1v) is 7.23. The van der Waals surface area contributed by atoms with Gasteiger partial charge in [-0.05, 0) is 24.0 Å². The van der Waals surface area contributed by atoms with Crippen molar-refractivity contribution in [2.75, 3.05) is 6.26 Å². The maximum Gasteiger partial charge on any atom is 0.326 e. The van der Waals surface area contributed by atoms with Crippen LogP contribution in [0.5, 0.6) is 0 Å². The van der Waals surface area contributed by atoms with Crippen molar-refractivity contribution in [3.05, 3.63) is 35.4 Å². The fraction of sp³-hybridized carbons (Fsp3) is 0.308. The minimum absolute atomic E-state index is 0.338. The summed E-state index contributed by atoms with van der Waals surface area (Å²) in [5, 5.41) is 11.2. The van der Waals surface area contributed by atoms with Crippen LogP contribution in [0.1, 0.15) is 22.3 Å². The first-order chi connectivity index (χ1) is 9.43. The van der Waals surface area contributed by atoms with Crippen LogP contribution in [0.4, 0.5) is 0 Å². The molecular formula is C13H16N2O4S. The van der Waals surface area contributed by atoms with Crippen molar-refractivity contribution >= 4 is 29.5 Å². The summed E-state index contributed by atoms with van der Waals surface area (Å²) in [7, 11) is 0. The Morgan fingerprint density at radius 1 is 1.30 bits per heavy atom. The van der Waals surface area contributed by atoms with Gasteiger partial charge in [0.1, 0.15) is 6.04 Å². The molecule has 0 aliphatic rings. The Morgan fingerprint density at radius 2 is 1.90 bits per heavy atom. The number of rotatable bonds is 7. The third-order valence-corrected chi connectivity index (χ3v) is 3.16. The number of nitrogens with one attached hydrogen (secondary N) is 1. The van der Waals surface area contributed by atoms with E-state index in [0.717, 1.165) is 11.3 Å². The molecule has 6 nitrogen and oxygen atoms in total. The normalized spacial score (nSPS) is 11.7. The molecule has 0 saturated carbocycles. The van der Waals surface area contributed by atoms with Crippen molar-refractivity contribution in [1.29, 1.82) is 0 Å². The first-order valence-electron chi connectivity index (χ1n) is 5.84. The first kappa shape index (κ1) is 16.0. The zero-order valence-corrected chi connectivity index (χ0v) is 11.8. The molecule has 1 atom stereocenters. The maximum absolute atomic E-state index is 11.9. The van der Waals surface area contributed by atoms with Crippen LogP contribution >= 0.6 is 11.8 Å². The molecule has 20 heavy (non-hydrogen) atoms. The smallest absolute Gasteiger partial charge is 0.326 e. The Hall–Kier alpha value is -2.02. The van der Waals surface area contributed by atoms with E-state index in [1.165, 1.54) is 0 Å². The summed E-state index contributed by atoms with van der Waals surface area (Å²) in [5.74, 6) is -1.79. The zero-order chi connectivity index (χ0) is 15.1. The molecule has 0 aliphatic heterocycles. The highest BCUT2D eigenvalue weighted by molar-refractivity contribution is 7.97. The third-order valence-electron chi connectivity index (χ3n) is 2.54. The van der Waals surface area contributed by atoms with Gasteiger partial charge in [-0.3, -0.25) is 9.59 Å². The zero-order valence-electron chi connectivity index (χ0n) is 11.0. The van der Waals surface area contributed by atoms with Gasteiger partial charge in [-0.25, -0.2) is 4.79 Å². The van der Waals surface area contributed by atoms with Gasteiger partial charge < -0.3 is 16.2 Å². The second kappa shape index (κ2) is 7.54. The van der Waals surface area contributed by atoms with Gasteiger partial charge in [0.2, 0.25) is 5.91 Å². The van der Waals surface area contributed by atoms with Crippen LogP contribution in [-0.2, 0) is 15.3 Å². The summed E-state index contributed by atoms with van der Waals surface area (Å²) >= 11 is 1.66. The van der Waals surface area contributed by atoms with Gasteiger partial charge in [0.15, 0.2) is 0 Å². The Kier molecular flexibility index (Phi) is 6.05. The number of hydrogen-bond donors (Lipinski definition) is 3. The molecule has 4 N–H and O–H groups in total. The van der Waals surface area contributed by atoms with E-state index in [9.17, 15) is 14.4 Å². The van der Waals surface area contributed by atoms with Crippen LogP contribution in [0.2, 0.25) is 0 Å². The van der Waals surface area contributed by atoms with Gasteiger partial charge in [0.25, 0.3) is 5.91 Å². The van der Waals surface area contributed by atoms with Crippen LogP contribution in [0, 0.1) is 0 Å². The molecule has 1 aromatic carbocycles. The Labute approximate surface area is 120 Å². The van der Waals surface area contributed by atoms with Gasteiger partial charge in [0.05, 0.1) is 6.42 Å². The van der Waals surface area contributed by atoms with E-state index in [-0.39, 0.29) is 0 Å². The molecule has 0 unspecified atom stereocenters. The summed E-state index contributed by atoms with van der Waals surface area (Å²) in [6, 6.07) is 5.52. The molecule has 0 radical (unpaired) electrons. The number of amides is 2. The third kappa shape index (κ3) is 4.93. The number of thioether (sulfide) groups is 1. The van der Waals surface area contributed by atoms with Crippen LogP contribution < -0.4 is 11.1 Å². The van der Waals surface area contributed by atoms with Gasteiger partial charge in [-0.15, -0.1) is 0 Å². The van der Waals surface area contributed by atoms with E-state index in [4.69, 9.17) is 10.8 Å². The summed E-state index contributed by atoms with van der Waals surface area (Å²) in [6.07, 6.45) is 1.54. The minimum atomic E-state index is -1.31. The molecule has 0 aliphatic carbocycles. The maximum atomic E-state index is 11.9. The van der Waals surface area contributed by atoms with E-state index in [2.05, 4.69) is 5.32 Å². The van der Waals surface area contributed by atoms with Crippen LogP contribution in [0.15, 0.2) is 24.3 Å². The Bertz CT molecular complexity index is 502. The average Bonchev–Trinajstić information content (AvgIpc) is 2.38. The topological polar surface area (TPSA) is 109 Å². The number of carbonyl (C=O) groups excluding carboxylic acids is 2. The number of nitrogens with two attached hydrogens (primary N) is 1. The highest BCUT2D eigenvalue weighted by Crippen LogP contribution is 2.10. The number of carboxylic acids is 1. The molecule has 108 valence electrons. The lowest BCUT2D eigenvalue weighted by Crippen LogP contribution is -2.43. The van der Waals surface area contributed by atoms with Crippen LogP contribution in [-0.4, -0.2) is 35.2 Å². The lowest BCUT2D eigenvalue weighted by atomic mass is 10.1. The van der Waals surface area contributed by atoms with Crippen molar-refractivity contribution in [2.45, 2.75) is 18.2 Å². The van der Waals surface area contributed by atoms with Crippen LogP contribution in [0.25, 0.3) is 0 Å². The van der Waals surface area contributed by atoms with Gasteiger partial charge in [-0.2, -0.15) is 11.8 Å². The van der Waals surface area contributed by atoms with Gasteiger partial charge in [-0.1, -0.05) is 12.1 Å². The largest absolute Gasteiger partial charge is 0.480 e. The van der Waals surface area contributed by atoms with Gasteiger partial charge in [0, 0.05) is 11.3 Å². The predicted octanol–water partition coefficient (Wildman–Crippen LogP) is 0.608. The molecule has 2 amide bonds. The van der Waals surface area contributed by atoms with E-state index in [0.29, 0.717) is 5.56 Å². The summed E-state index contributed by atoms with van der Waals surface area (Å²) < 4.78 is 0. The number of aliphatic carboxylic acids is 1. The molecule has 1 aromatic rings. The molecule has 0 bridgehead atoms. The Morgan fingerprint density at radius 3 is 2.35 bits per heavy atom. The lowest BCUT2D eigenvalue weighted by Gasteiger charge is -2.13. The van der Waals surface area contributed by atoms with Crippen molar-refractivity contribution in [1.82, 2.24) is 5.32 Å². The highest BCUT2D eigenvalue weighted by atomic mass is 32.2. The van der Waals surface area contributed by atoms with Crippen molar-refractivity contribution < 1.29 is 19.5 Å². The quantitative estimate of drug-likeness (QED) is 0.683. The second-order valence-electron chi connectivity index (χ2n) is 4.16. The van der Waals surface area contributed by atoms with E-state index < -0.39 is 30.2 Å².